The lowest BCUT2D eigenvalue weighted by atomic mass is 9.96. The Hall–Kier alpha value is -2.79. The van der Waals surface area contributed by atoms with Gasteiger partial charge < -0.3 is 15.2 Å². The van der Waals surface area contributed by atoms with Crippen LogP contribution in [0, 0.1) is 5.92 Å². The van der Waals surface area contributed by atoms with E-state index in [1.54, 1.807) is 0 Å². The van der Waals surface area contributed by atoms with Crippen molar-refractivity contribution in [2.75, 3.05) is 19.6 Å². The molecule has 162 valence electrons. The zero-order valence-electron chi connectivity index (χ0n) is 17.6. The van der Waals surface area contributed by atoms with Crippen LogP contribution >= 0.6 is 11.6 Å². The van der Waals surface area contributed by atoms with Crippen LogP contribution in [-0.4, -0.2) is 41.3 Å². The Bertz CT molecular complexity index is 1040. The number of piperidine rings is 1. The predicted octanol–water partition coefficient (Wildman–Crippen LogP) is 4.35. The molecule has 1 aliphatic rings. The fraction of sp³-hybridized carbons (Fsp3) is 0.360. The Morgan fingerprint density at radius 2 is 1.90 bits per heavy atom. The summed E-state index contributed by atoms with van der Waals surface area (Å²) in [7, 11) is 0. The van der Waals surface area contributed by atoms with Crippen molar-refractivity contribution in [3.05, 3.63) is 70.9 Å². The number of halogens is 1. The molecule has 1 atom stereocenters. The van der Waals surface area contributed by atoms with Gasteiger partial charge in [0.2, 0.25) is 11.8 Å². The molecule has 6 heteroatoms. The van der Waals surface area contributed by atoms with Crippen LogP contribution in [0.1, 0.15) is 30.4 Å². The van der Waals surface area contributed by atoms with E-state index in [0.717, 1.165) is 42.5 Å². The number of hydrogen-bond acceptors (Lipinski definition) is 2. The molecular formula is C25H28ClN3O2. The molecule has 4 rings (SSSR count). The van der Waals surface area contributed by atoms with Crippen molar-refractivity contribution in [3.63, 3.8) is 0 Å². The number of aromatic nitrogens is 1. The Balaban J connectivity index is 1.24. The molecule has 1 aromatic heterocycles. The number of carbonyl (C=O) groups is 2. The molecule has 2 aromatic carbocycles. The second kappa shape index (κ2) is 10.0. The second-order valence-corrected chi connectivity index (χ2v) is 8.64. The van der Waals surface area contributed by atoms with Crippen LogP contribution in [0.5, 0.6) is 0 Å². The maximum absolute atomic E-state index is 12.8. The zero-order chi connectivity index (χ0) is 21.6. The summed E-state index contributed by atoms with van der Waals surface area (Å²) in [6.45, 7) is 1.84. The minimum atomic E-state index is -0.129. The van der Waals surface area contributed by atoms with E-state index in [4.69, 9.17) is 11.6 Å². The van der Waals surface area contributed by atoms with E-state index >= 15 is 0 Å². The van der Waals surface area contributed by atoms with E-state index < -0.39 is 0 Å². The van der Waals surface area contributed by atoms with Crippen molar-refractivity contribution in [2.45, 2.75) is 32.1 Å². The smallest absolute Gasteiger partial charge is 0.224 e. The largest absolute Gasteiger partial charge is 0.361 e. The highest BCUT2D eigenvalue weighted by Gasteiger charge is 2.28. The summed E-state index contributed by atoms with van der Waals surface area (Å²) >= 11 is 5.91. The first-order chi connectivity index (χ1) is 15.1. The number of fused-ring (bicyclic) bond motifs is 1. The molecule has 0 saturated carbocycles. The molecule has 1 fully saturated rings. The lowest BCUT2D eigenvalue weighted by Crippen LogP contribution is -2.45. The number of aromatic amines is 1. The molecule has 1 aliphatic heterocycles. The molecule has 2 N–H and O–H groups in total. The molecule has 2 amide bonds. The van der Waals surface area contributed by atoms with E-state index in [1.165, 1.54) is 5.39 Å². The number of amides is 2. The van der Waals surface area contributed by atoms with Gasteiger partial charge in [0.25, 0.3) is 0 Å². The van der Waals surface area contributed by atoms with Crippen LogP contribution < -0.4 is 5.32 Å². The van der Waals surface area contributed by atoms with Gasteiger partial charge in [-0.3, -0.25) is 9.59 Å². The fourth-order valence-corrected chi connectivity index (χ4v) is 4.41. The van der Waals surface area contributed by atoms with E-state index in [0.29, 0.717) is 31.0 Å². The molecule has 0 radical (unpaired) electrons. The summed E-state index contributed by atoms with van der Waals surface area (Å²) in [6, 6.07) is 15.8. The second-order valence-electron chi connectivity index (χ2n) is 8.21. The van der Waals surface area contributed by atoms with Crippen molar-refractivity contribution in [3.8, 4) is 0 Å². The molecule has 0 spiro atoms. The number of aryl methyl sites for hydroxylation is 1. The third-order valence-electron chi connectivity index (χ3n) is 6.05. The Kier molecular flexibility index (Phi) is 6.92. The lowest BCUT2D eigenvalue weighted by Gasteiger charge is -2.32. The fourth-order valence-electron chi connectivity index (χ4n) is 4.28. The average Bonchev–Trinajstić information content (AvgIpc) is 3.22. The normalized spacial score (nSPS) is 16.4. The number of para-hydroxylation sites is 1. The molecule has 1 saturated heterocycles. The van der Waals surface area contributed by atoms with Crippen molar-refractivity contribution >= 4 is 34.3 Å². The number of nitrogens with one attached hydrogen (secondary N) is 2. The number of likely N-dealkylation sites (tertiary alicyclic amines) is 1. The Morgan fingerprint density at radius 1 is 1.10 bits per heavy atom. The van der Waals surface area contributed by atoms with Gasteiger partial charge in [-0.2, -0.15) is 0 Å². The Labute approximate surface area is 187 Å². The first kappa shape index (κ1) is 21.4. The molecule has 0 bridgehead atoms. The van der Waals surface area contributed by atoms with Gasteiger partial charge in [0, 0.05) is 48.2 Å². The minimum Gasteiger partial charge on any atom is -0.361 e. The summed E-state index contributed by atoms with van der Waals surface area (Å²) in [4.78, 5) is 30.6. The molecule has 31 heavy (non-hydrogen) atoms. The summed E-state index contributed by atoms with van der Waals surface area (Å²) in [6.07, 6.45) is 5.63. The van der Waals surface area contributed by atoms with Crippen LogP contribution in [0.2, 0.25) is 5.02 Å². The van der Waals surface area contributed by atoms with Gasteiger partial charge in [0.05, 0.1) is 5.92 Å². The van der Waals surface area contributed by atoms with Crippen molar-refractivity contribution in [2.24, 2.45) is 5.92 Å². The molecule has 3 aromatic rings. The predicted molar refractivity (Wildman–Crippen MR) is 124 cm³/mol. The van der Waals surface area contributed by atoms with Crippen LogP contribution in [0.15, 0.2) is 54.7 Å². The van der Waals surface area contributed by atoms with E-state index in [9.17, 15) is 9.59 Å². The highest BCUT2D eigenvalue weighted by Crippen LogP contribution is 2.21. The van der Waals surface area contributed by atoms with E-state index in [-0.39, 0.29) is 17.7 Å². The number of carbonyl (C=O) groups excluding carboxylic acids is 2. The minimum absolute atomic E-state index is 0.0445. The lowest BCUT2D eigenvalue weighted by molar-refractivity contribution is -0.135. The number of rotatable bonds is 7. The maximum Gasteiger partial charge on any atom is 0.224 e. The Morgan fingerprint density at radius 3 is 2.74 bits per heavy atom. The monoisotopic (exact) mass is 437 g/mol. The third kappa shape index (κ3) is 5.47. The van der Waals surface area contributed by atoms with Gasteiger partial charge in [0.15, 0.2) is 0 Å². The van der Waals surface area contributed by atoms with Crippen LogP contribution in [0.4, 0.5) is 0 Å². The first-order valence-electron chi connectivity index (χ1n) is 10.9. The van der Waals surface area contributed by atoms with Crippen LogP contribution in [0.3, 0.4) is 0 Å². The van der Waals surface area contributed by atoms with Crippen molar-refractivity contribution in [1.29, 1.82) is 0 Å². The number of hydrogen-bond donors (Lipinski definition) is 2. The summed E-state index contributed by atoms with van der Waals surface area (Å²) in [5.74, 6) is 0.0445. The van der Waals surface area contributed by atoms with Gasteiger partial charge >= 0.3 is 0 Å². The number of nitrogens with zero attached hydrogens (tertiary/aromatic N) is 1. The van der Waals surface area contributed by atoms with Crippen LogP contribution in [-0.2, 0) is 22.4 Å². The van der Waals surface area contributed by atoms with E-state index in [1.807, 2.05) is 53.6 Å². The van der Waals surface area contributed by atoms with Gasteiger partial charge in [-0.15, -0.1) is 0 Å². The highest BCUT2D eigenvalue weighted by molar-refractivity contribution is 6.30. The van der Waals surface area contributed by atoms with Gasteiger partial charge in [-0.05, 0) is 55.0 Å². The standard InChI is InChI=1S/C25H28ClN3O2/c26-21-10-7-18(8-11-21)13-14-27-25(31)20-4-3-15-29(17-20)24(30)12-9-19-16-28-23-6-2-1-5-22(19)23/h1-2,5-8,10-11,16,20,28H,3-4,9,12-15,17H2,(H,27,31). The van der Waals surface area contributed by atoms with Gasteiger partial charge in [-0.25, -0.2) is 0 Å². The summed E-state index contributed by atoms with van der Waals surface area (Å²) < 4.78 is 0. The quantitative estimate of drug-likeness (QED) is 0.577. The third-order valence-corrected chi connectivity index (χ3v) is 6.31. The average molecular weight is 438 g/mol. The van der Waals surface area contributed by atoms with Gasteiger partial charge in [0.1, 0.15) is 0 Å². The first-order valence-corrected chi connectivity index (χ1v) is 11.3. The highest BCUT2D eigenvalue weighted by atomic mass is 35.5. The van der Waals surface area contributed by atoms with Crippen molar-refractivity contribution < 1.29 is 9.59 Å². The maximum atomic E-state index is 12.8. The van der Waals surface area contributed by atoms with Crippen molar-refractivity contribution in [1.82, 2.24) is 15.2 Å². The molecular weight excluding hydrogens is 410 g/mol. The summed E-state index contributed by atoms with van der Waals surface area (Å²) in [5, 5.41) is 4.92. The zero-order valence-corrected chi connectivity index (χ0v) is 18.3. The number of benzene rings is 2. The molecule has 0 aliphatic carbocycles. The van der Waals surface area contributed by atoms with E-state index in [2.05, 4.69) is 16.4 Å². The van der Waals surface area contributed by atoms with Gasteiger partial charge in [-0.1, -0.05) is 41.9 Å². The molecule has 1 unspecified atom stereocenters. The number of H-pyrrole nitrogens is 1. The molecule has 5 nitrogen and oxygen atoms in total. The van der Waals surface area contributed by atoms with Crippen LogP contribution in [0.25, 0.3) is 10.9 Å². The SMILES string of the molecule is O=C(NCCc1ccc(Cl)cc1)C1CCCN(C(=O)CCc2c[nH]c3ccccc23)C1. The summed E-state index contributed by atoms with van der Waals surface area (Å²) in [5.41, 5.74) is 3.40. The topological polar surface area (TPSA) is 65.2 Å². The molecule has 2 heterocycles.